The Bertz CT molecular complexity index is 1510. The van der Waals surface area contributed by atoms with E-state index in [-0.39, 0.29) is 30.8 Å². The van der Waals surface area contributed by atoms with E-state index in [1.807, 2.05) is 24.3 Å². The van der Waals surface area contributed by atoms with Crippen molar-refractivity contribution in [1.29, 1.82) is 5.41 Å². The van der Waals surface area contributed by atoms with Gasteiger partial charge in [0.1, 0.15) is 36.1 Å². The normalized spacial score (nSPS) is 14.2. The van der Waals surface area contributed by atoms with Crippen LogP contribution in [0.3, 0.4) is 0 Å². The molecule has 4 atom stereocenters. The maximum Gasteiger partial charge on any atom is 0.259 e. The number of hydrogen-bond donors (Lipinski definition) is 8. The number of nitrogens with zero attached hydrogens (tertiary/aromatic N) is 4. The number of likely N-dealkylation sites (N-methyl/N-ethyl adjacent to an activating group) is 1. The molecule has 0 saturated carbocycles. The van der Waals surface area contributed by atoms with Crippen molar-refractivity contribution < 1.29 is 30.3 Å². The molecular formula is C29H35N7O6. The van der Waals surface area contributed by atoms with Crippen molar-refractivity contribution in [3.8, 4) is 0 Å². The molecule has 0 spiro atoms. The van der Waals surface area contributed by atoms with Gasteiger partial charge in [0.05, 0.1) is 6.61 Å². The van der Waals surface area contributed by atoms with Crippen LogP contribution in [0.4, 0.5) is 11.8 Å². The highest BCUT2D eigenvalue weighted by molar-refractivity contribution is 6.07. The van der Waals surface area contributed by atoms with Crippen LogP contribution < -0.4 is 15.5 Å². The molecule has 0 aliphatic rings. The Morgan fingerprint density at radius 1 is 1.05 bits per heavy atom. The fourth-order valence-corrected chi connectivity index (χ4v) is 4.55. The Morgan fingerprint density at radius 3 is 2.45 bits per heavy atom. The first-order valence-electron chi connectivity index (χ1n) is 13.3. The maximum absolute atomic E-state index is 13.7. The zero-order chi connectivity index (χ0) is 30.4. The third kappa shape index (κ3) is 6.90. The lowest BCUT2D eigenvalue weighted by Crippen LogP contribution is -2.49. The summed E-state index contributed by atoms with van der Waals surface area (Å²) >= 11 is 0. The predicted octanol–water partition coefficient (Wildman–Crippen LogP) is 0.00357. The molecule has 0 radical (unpaired) electrons. The van der Waals surface area contributed by atoms with Crippen molar-refractivity contribution in [2.24, 2.45) is 5.73 Å². The molecule has 13 nitrogen and oxygen atoms in total. The monoisotopic (exact) mass is 577 g/mol. The van der Waals surface area contributed by atoms with Crippen molar-refractivity contribution in [3.05, 3.63) is 83.7 Å². The Morgan fingerprint density at radius 2 is 1.76 bits per heavy atom. The standard InChI is InChI=1S/C29H35N7O6/c1-35(15-22(38)25(40)26(41)23(39)16-37)29-32-11-9-24(34-29)36(28(42)18-5-3-2-4-6-18)12-10-17-7-8-21-19(13-17)20(14-33-21)27(30)31/h2-9,11,13-14,22-23,25-26,33,37-41H,10,12,15-16H2,1H3,(H3,30,31)/t22-,23+,25+,26+/m0/s1. The lowest BCUT2D eigenvalue weighted by molar-refractivity contribution is -0.112. The van der Waals surface area contributed by atoms with Gasteiger partial charge in [0.2, 0.25) is 5.95 Å². The van der Waals surface area contributed by atoms with Gasteiger partial charge < -0.3 is 41.2 Å². The molecule has 42 heavy (non-hydrogen) atoms. The molecule has 0 fully saturated rings. The molecule has 1 amide bonds. The number of carbonyl (C=O) groups excluding carboxylic acids is 1. The number of aliphatic hydroxyl groups excluding tert-OH is 5. The van der Waals surface area contributed by atoms with Crippen molar-refractivity contribution in [3.63, 3.8) is 0 Å². The lowest BCUT2D eigenvalue weighted by atomic mass is 10.0. The highest BCUT2D eigenvalue weighted by Crippen LogP contribution is 2.22. The number of anilines is 2. The summed E-state index contributed by atoms with van der Waals surface area (Å²) in [6.07, 6.45) is -3.02. The minimum absolute atomic E-state index is 0.0476. The van der Waals surface area contributed by atoms with Gasteiger partial charge in [0, 0.05) is 54.6 Å². The number of aromatic nitrogens is 3. The second kappa shape index (κ2) is 13.5. The van der Waals surface area contributed by atoms with Gasteiger partial charge in [-0.1, -0.05) is 24.3 Å². The minimum Gasteiger partial charge on any atom is -0.394 e. The van der Waals surface area contributed by atoms with Crippen LogP contribution >= 0.6 is 0 Å². The molecule has 2 aromatic carbocycles. The van der Waals surface area contributed by atoms with Crippen molar-refractivity contribution in [1.82, 2.24) is 15.0 Å². The number of hydrogen-bond acceptors (Lipinski definition) is 10. The average Bonchev–Trinajstić information content (AvgIpc) is 3.44. The van der Waals surface area contributed by atoms with E-state index in [0.717, 1.165) is 16.5 Å². The molecule has 0 bridgehead atoms. The lowest BCUT2D eigenvalue weighted by Gasteiger charge is -2.29. The molecule has 4 rings (SSSR count). The molecule has 0 unspecified atom stereocenters. The molecule has 4 aromatic rings. The summed E-state index contributed by atoms with van der Waals surface area (Å²) in [4.78, 5) is 28.5. The van der Waals surface area contributed by atoms with Crippen LogP contribution in [-0.4, -0.2) is 103 Å². The number of fused-ring (bicyclic) bond motifs is 1. The maximum atomic E-state index is 13.7. The van der Waals surface area contributed by atoms with Gasteiger partial charge in [-0.3, -0.25) is 15.1 Å². The van der Waals surface area contributed by atoms with Crippen LogP contribution in [0.2, 0.25) is 0 Å². The van der Waals surface area contributed by atoms with Gasteiger partial charge in [-0.05, 0) is 42.3 Å². The van der Waals surface area contributed by atoms with E-state index in [0.29, 0.717) is 23.4 Å². The number of carbonyl (C=O) groups is 1. The van der Waals surface area contributed by atoms with E-state index in [9.17, 15) is 25.2 Å². The smallest absolute Gasteiger partial charge is 0.259 e. The molecule has 9 N–H and O–H groups in total. The summed E-state index contributed by atoms with van der Waals surface area (Å²) in [5.41, 5.74) is 8.54. The number of aromatic amines is 1. The molecule has 222 valence electrons. The third-order valence-corrected chi connectivity index (χ3v) is 6.96. The summed E-state index contributed by atoms with van der Waals surface area (Å²) in [6.45, 7) is -0.748. The van der Waals surface area contributed by atoms with E-state index in [2.05, 4.69) is 15.0 Å². The number of amides is 1. The molecule has 2 heterocycles. The fraction of sp³-hybridized carbons (Fsp3) is 0.310. The number of amidine groups is 1. The third-order valence-electron chi connectivity index (χ3n) is 6.96. The second-order valence-electron chi connectivity index (χ2n) is 9.96. The molecule has 0 aliphatic heterocycles. The van der Waals surface area contributed by atoms with Gasteiger partial charge in [-0.25, -0.2) is 4.98 Å². The van der Waals surface area contributed by atoms with Crippen LogP contribution in [0.25, 0.3) is 10.9 Å². The van der Waals surface area contributed by atoms with Gasteiger partial charge in [0.25, 0.3) is 5.91 Å². The van der Waals surface area contributed by atoms with E-state index < -0.39 is 31.0 Å². The highest BCUT2D eigenvalue weighted by atomic mass is 16.4. The first-order chi connectivity index (χ1) is 20.1. The van der Waals surface area contributed by atoms with E-state index in [1.54, 1.807) is 43.6 Å². The summed E-state index contributed by atoms with van der Waals surface area (Å²) in [6, 6.07) is 16.1. The van der Waals surface area contributed by atoms with Crippen LogP contribution in [0.5, 0.6) is 0 Å². The number of H-pyrrole nitrogens is 1. The zero-order valence-electron chi connectivity index (χ0n) is 23.0. The number of nitrogens with one attached hydrogen (secondary N) is 2. The average molecular weight is 578 g/mol. The quantitative estimate of drug-likeness (QED) is 0.0786. The van der Waals surface area contributed by atoms with Gasteiger partial charge in [0.15, 0.2) is 0 Å². The van der Waals surface area contributed by atoms with Crippen LogP contribution in [0.1, 0.15) is 21.5 Å². The summed E-state index contributed by atoms with van der Waals surface area (Å²) in [5, 5.41) is 57.8. The molecular weight excluding hydrogens is 542 g/mol. The Labute approximate surface area is 242 Å². The summed E-state index contributed by atoms with van der Waals surface area (Å²) in [7, 11) is 1.56. The number of aliphatic hydroxyl groups is 5. The van der Waals surface area contributed by atoms with E-state index in [4.69, 9.17) is 16.2 Å². The van der Waals surface area contributed by atoms with E-state index in [1.165, 1.54) is 16.0 Å². The van der Waals surface area contributed by atoms with Crippen LogP contribution in [0, 0.1) is 5.41 Å². The second-order valence-corrected chi connectivity index (χ2v) is 9.96. The minimum atomic E-state index is -1.76. The van der Waals surface area contributed by atoms with Crippen LogP contribution in [0.15, 0.2) is 67.0 Å². The topological polar surface area (TPSA) is 216 Å². The zero-order valence-corrected chi connectivity index (χ0v) is 23.0. The SMILES string of the molecule is CN(C[C@H](O)[C@@H](O)[C@H](O)[C@H](O)CO)c1nccc(N(CCc2ccc3[nH]cc(C(=N)N)c3c2)C(=O)c2ccccc2)n1. The van der Waals surface area contributed by atoms with Crippen molar-refractivity contribution in [2.45, 2.75) is 30.8 Å². The Hall–Kier alpha value is -4.40. The summed E-state index contributed by atoms with van der Waals surface area (Å²) < 4.78 is 0. The number of nitrogens with two attached hydrogens (primary N) is 1. The first-order valence-corrected chi connectivity index (χ1v) is 13.3. The predicted molar refractivity (Wildman–Crippen MR) is 158 cm³/mol. The van der Waals surface area contributed by atoms with Gasteiger partial charge >= 0.3 is 0 Å². The first kappa shape index (κ1) is 30.6. The fourth-order valence-electron chi connectivity index (χ4n) is 4.55. The van der Waals surface area contributed by atoms with E-state index >= 15 is 0 Å². The Kier molecular flexibility index (Phi) is 9.83. The molecule has 2 aromatic heterocycles. The van der Waals surface area contributed by atoms with Crippen molar-refractivity contribution >= 4 is 34.4 Å². The van der Waals surface area contributed by atoms with Crippen LogP contribution in [-0.2, 0) is 6.42 Å². The molecule has 0 saturated heterocycles. The number of rotatable bonds is 13. The molecule has 13 heteroatoms. The molecule has 0 aliphatic carbocycles. The van der Waals surface area contributed by atoms with Crippen molar-refractivity contribution in [2.75, 3.05) is 36.5 Å². The highest BCUT2D eigenvalue weighted by Gasteiger charge is 2.31. The van der Waals surface area contributed by atoms with Gasteiger partial charge in [-0.15, -0.1) is 0 Å². The largest absolute Gasteiger partial charge is 0.394 e. The van der Waals surface area contributed by atoms with Gasteiger partial charge in [-0.2, -0.15) is 4.98 Å². The number of benzene rings is 2. The number of nitrogen functional groups attached to an aromatic ring is 1. The Balaban J connectivity index is 1.58. The summed E-state index contributed by atoms with van der Waals surface area (Å²) in [5.74, 6) is 0.112.